The van der Waals surface area contributed by atoms with Crippen LogP contribution in [0, 0.1) is 5.82 Å². The van der Waals surface area contributed by atoms with E-state index in [0.717, 1.165) is 13.0 Å². The molecule has 0 aliphatic carbocycles. The van der Waals surface area contributed by atoms with Crippen molar-refractivity contribution < 1.29 is 36.6 Å². The highest BCUT2D eigenvalue weighted by Crippen LogP contribution is 2.36. The Morgan fingerprint density at radius 2 is 1.89 bits per heavy atom. The third-order valence-corrected chi connectivity index (χ3v) is 5.44. The maximum absolute atomic E-state index is 13.8. The van der Waals surface area contributed by atoms with Gasteiger partial charge in [-0.15, -0.1) is 0 Å². The molecule has 1 unspecified atom stereocenters. The van der Waals surface area contributed by atoms with Crippen molar-refractivity contribution in [1.29, 1.82) is 0 Å². The first-order valence-electron chi connectivity index (χ1n) is 10.8. The van der Waals surface area contributed by atoms with Gasteiger partial charge in [0.1, 0.15) is 29.0 Å². The van der Waals surface area contributed by atoms with Gasteiger partial charge in [0.15, 0.2) is 5.69 Å². The third kappa shape index (κ3) is 5.42. The van der Waals surface area contributed by atoms with Crippen molar-refractivity contribution in [3.8, 4) is 17.0 Å². The molecule has 2 aromatic carbocycles. The van der Waals surface area contributed by atoms with Crippen molar-refractivity contribution in [3.05, 3.63) is 65.4 Å². The second-order valence-electron chi connectivity index (χ2n) is 7.77. The van der Waals surface area contributed by atoms with E-state index in [2.05, 4.69) is 4.98 Å². The number of anilines is 1. The van der Waals surface area contributed by atoms with Crippen LogP contribution in [0.2, 0.25) is 0 Å². The quantitative estimate of drug-likeness (QED) is 0.199. The Hall–Kier alpha value is -4.09. The van der Waals surface area contributed by atoms with Gasteiger partial charge < -0.3 is 20.2 Å². The fourth-order valence-corrected chi connectivity index (χ4v) is 3.53. The first kappa shape index (κ1) is 26.5. The summed E-state index contributed by atoms with van der Waals surface area (Å²) in [6.45, 7) is 2.46. The molecule has 1 atom stereocenters. The highest BCUT2D eigenvalue weighted by Gasteiger charge is 2.41. The van der Waals surface area contributed by atoms with Crippen molar-refractivity contribution in [2.75, 3.05) is 24.5 Å². The first-order valence-corrected chi connectivity index (χ1v) is 10.8. The molecule has 0 saturated carbocycles. The van der Waals surface area contributed by atoms with Crippen molar-refractivity contribution in [3.63, 3.8) is 0 Å². The highest BCUT2D eigenvalue weighted by atomic mass is 19.4. The van der Waals surface area contributed by atoms with E-state index in [1.807, 2.05) is 0 Å². The number of benzene rings is 2. The predicted molar refractivity (Wildman–Crippen MR) is 123 cm³/mol. The minimum absolute atomic E-state index is 0.0162. The molecule has 0 spiro atoms. The Bertz CT molecular complexity index is 1240. The smallest absolute Gasteiger partial charge is 0.398 e. The number of nitrogen functional groups attached to an aromatic ring is 1. The summed E-state index contributed by atoms with van der Waals surface area (Å²) in [5.74, 6) is 2.09. The number of halogens is 4. The summed E-state index contributed by atoms with van der Waals surface area (Å²) in [4.78, 5) is 29.5. The van der Waals surface area contributed by atoms with E-state index in [-0.39, 0.29) is 30.2 Å². The van der Waals surface area contributed by atoms with Gasteiger partial charge in [-0.1, -0.05) is 24.3 Å². The summed E-state index contributed by atoms with van der Waals surface area (Å²) < 4.78 is 64.6. The third-order valence-electron chi connectivity index (χ3n) is 5.44. The zero-order valence-electron chi connectivity index (χ0n) is 19.7. The van der Waals surface area contributed by atoms with Crippen LogP contribution < -0.4 is 15.5 Å². The van der Waals surface area contributed by atoms with Gasteiger partial charge in [0, 0.05) is 11.6 Å². The Morgan fingerprint density at radius 3 is 2.44 bits per heavy atom. The molecule has 2 N–H and O–H groups in total. The van der Waals surface area contributed by atoms with Crippen LogP contribution in [-0.2, 0) is 16.1 Å². The maximum atomic E-state index is 13.8. The summed E-state index contributed by atoms with van der Waals surface area (Å²) in [6.07, 6.45) is -4.11. The number of nitrogens with two attached hydrogens (primary N) is 1. The lowest BCUT2D eigenvalue weighted by Crippen LogP contribution is -2.27. The summed E-state index contributed by atoms with van der Waals surface area (Å²) >= 11 is 0. The van der Waals surface area contributed by atoms with Crippen LogP contribution >= 0.6 is 0 Å². The number of aromatic nitrogens is 2. The zero-order valence-corrected chi connectivity index (χ0v) is 19.7. The van der Waals surface area contributed by atoms with Gasteiger partial charge >= 0.3 is 12.1 Å². The SMILES string of the molecule is CCOC(=O)c1c(-c2ccc(CN(C=O)c3cc(F)ccc3OC)cc2)nc(C(C)C(F)(F)F)n1N. The molecule has 12 heteroatoms. The number of carbonyl (C=O) groups excluding carboxylic acids is 2. The summed E-state index contributed by atoms with van der Waals surface area (Å²) in [5, 5.41) is 0. The average Bonchev–Trinajstić information content (AvgIpc) is 3.18. The Balaban J connectivity index is 1.98. The number of alkyl halides is 3. The molecule has 1 aromatic heterocycles. The van der Waals surface area contributed by atoms with Gasteiger partial charge in [0.05, 0.1) is 25.9 Å². The molecular formula is C24H24F4N4O4. The predicted octanol–water partition coefficient (Wildman–Crippen LogP) is 4.42. The lowest BCUT2D eigenvalue weighted by molar-refractivity contribution is -0.148. The van der Waals surface area contributed by atoms with Crippen LogP contribution in [0.15, 0.2) is 42.5 Å². The van der Waals surface area contributed by atoms with Crippen LogP contribution in [0.4, 0.5) is 23.2 Å². The normalized spacial score (nSPS) is 12.2. The molecule has 3 aromatic rings. The van der Waals surface area contributed by atoms with Gasteiger partial charge in [-0.05, 0) is 31.5 Å². The van der Waals surface area contributed by atoms with E-state index in [4.69, 9.17) is 15.3 Å². The number of esters is 1. The number of hydrogen-bond acceptors (Lipinski definition) is 6. The molecule has 0 aliphatic heterocycles. The number of hydrogen-bond donors (Lipinski definition) is 1. The van der Waals surface area contributed by atoms with Crippen LogP contribution in [0.1, 0.15) is 41.6 Å². The molecule has 0 saturated heterocycles. The molecule has 0 radical (unpaired) electrons. The highest BCUT2D eigenvalue weighted by molar-refractivity contribution is 5.95. The number of carbonyl (C=O) groups is 2. The van der Waals surface area contributed by atoms with Crippen LogP contribution in [-0.4, -0.2) is 41.9 Å². The number of methoxy groups -OCH3 is 1. The Kier molecular flexibility index (Phi) is 7.86. The number of ether oxygens (including phenoxy) is 2. The lowest BCUT2D eigenvalue weighted by atomic mass is 10.1. The second-order valence-corrected chi connectivity index (χ2v) is 7.77. The van der Waals surface area contributed by atoms with Gasteiger partial charge in [-0.3, -0.25) is 4.79 Å². The molecule has 3 rings (SSSR count). The Labute approximate surface area is 204 Å². The summed E-state index contributed by atoms with van der Waals surface area (Å²) in [7, 11) is 1.39. The minimum atomic E-state index is -4.63. The van der Waals surface area contributed by atoms with E-state index in [1.54, 1.807) is 19.1 Å². The lowest BCUT2D eigenvalue weighted by Gasteiger charge is -2.20. The van der Waals surface area contributed by atoms with E-state index in [1.165, 1.54) is 36.3 Å². The Morgan fingerprint density at radius 1 is 1.22 bits per heavy atom. The van der Waals surface area contributed by atoms with Gasteiger partial charge in [0.25, 0.3) is 0 Å². The van der Waals surface area contributed by atoms with E-state index in [9.17, 15) is 27.2 Å². The number of rotatable bonds is 9. The first-order chi connectivity index (χ1) is 17.0. The zero-order chi connectivity index (χ0) is 26.6. The topological polar surface area (TPSA) is 99.7 Å². The van der Waals surface area contributed by atoms with E-state index >= 15 is 0 Å². The monoisotopic (exact) mass is 508 g/mol. The van der Waals surface area contributed by atoms with E-state index in [0.29, 0.717) is 28.0 Å². The fourth-order valence-electron chi connectivity index (χ4n) is 3.53. The molecule has 8 nitrogen and oxygen atoms in total. The maximum Gasteiger partial charge on any atom is 0.398 e. The second kappa shape index (κ2) is 10.7. The molecule has 0 bridgehead atoms. The summed E-state index contributed by atoms with van der Waals surface area (Å²) in [6, 6.07) is 9.98. The van der Waals surface area contributed by atoms with Gasteiger partial charge in [-0.2, -0.15) is 13.2 Å². The number of imidazole rings is 1. The molecule has 1 amide bonds. The van der Waals surface area contributed by atoms with Crippen molar-refractivity contribution in [2.45, 2.75) is 32.5 Å². The fraction of sp³-hybridized carbons (Fsp3) is 0.292. The van der Waals surface area contributed by atoms with Crippen molar-refractivity contribution in [1.82, 2.24) is 9.66 Å². The standard InChI is InChI=1S/C24H24F4N4O4/c1-4-36-23(34)21-20(30-22(32(21)29)14(2)24(26,27)28)16-7-5-15(6-8-16)12-31(13-33)18-11-17(25)9-10-19(18)35-3/h5-11,13-14H,4,12,29H2,1-3H3. The number of nitrogens with zero attached hydrogens (tertiary/aromatic N) is 3. The van der Waals surface area contributed by atoms with Crippen LogP contribution in [0.5, 0.6) is 5.75 Å². The minimum Gasteiger partial charge on any atom is -0.495 e. The molecule has 192 valence electrons. The molecule has 0 fully saturated rings. The van der Waals surface area contributed by atoms with Crippen LogP contribution in [0.25, 0.3) is 11.3 Å². The van der Waals surface area contributed by atoms with Gasteiger partial charge in [-0.25, -0.2) is 18.8 Å². The van der Waals surface area contributed by atoms with E-state index < -0.39 is 29.7 Å². The molecule has 0 aliphatic rings. The average molecular weight is 508 g/mol. The van der Waals surface area contributed by atoms with Crippen LogP contribution in [0.3, 0.4) is 0 Å². The largest absolute Gasteiger partial charge is 0.495 e. The molecule has 1 heterocycles. The summed E-state index contributed by atoms with van der Waals surface area (Å²) in [5.41, 5.74) is 0.727. The molecule has 36 heavy (non-hydrogen) atoms. The van der Waals surface area contributed by atoms with Gasteiger partial charge in [0.2, 0.25) is 6.41 Å². The van der Waals surface area contributed by atoms with Crippen molar-refractivity contribution in [2.24, 2.45) is 0 Å². The number of amides is 1. The van der Waals surface area contributed by atoms with Crippen molar-refractivity contribution >= 4 is 18.1 Å². The molecular weight excluding hydrogens is 484 g/mol.